The van der Waals surface area contributed by atoms with Gasteiger partial charge in [0.05, 0.1) is 30.8 Å². The van der Waals surface area contributed by atoms with Crippen LogP contribution >= 0.6 is 0 Å². The van der Waals surface area contributed by atoms with E-state index in [4.69, 9.17) is 9.47 Å². The van der Waals surface area contributed by atoms with E-state index in [1.54, 1.807) is 13.3 Å². The van der Waals surface area contributed by atoms with Crippen LogP contribution in [-0.2, 0) is 22.4 Å². The third-order valence-electron chi connectivity index (χ3n) is 7.16. The normalized spacial score (nSPS) is 28.2. The summed E-state index contributed by atoms with van der Waals surface area (Å²) in [6.07, 6.45) is 9.20. The van der Waals surface area contributed by atoms with E-state index in [0.717, 1.165) is 75.5 Å². The predicted molar refractivity (Wildman–Crippen MR) is 110 cm³/mol. The lowest BCUT2D eigenvalue weighted by atomic mass is 9.83. The number of fused-ring (bicyclic) bond motifs is 3. The van der Waals surface area contributed by atoms with Crippen LogP contribution in [0, 0.1) is 5.92 Å². The molecule has 2 aliphatic heterocycles. The molecule has 1 saturated carbocycles. The summed E-state index contributed by atoms with van der Waals surface area (Å²) in [4.78, 5) is 22.4. The highest BCUT2D eigenvalue weighted by molar-refractivity contribution is 5.81. The quantitative estimate of drug-likeness (QED) is 0.858. The highest BCUT2D eigenvalue weighted by Gasteiger charge is 2.32. The number of morpholine rings is 1. The van der Waals surface area contributed by atoms with Crippen molar-refractivity contribution in [1.82, 2.24) is 14.9 Å². The number of ketones is 1. The van der Waals surface area contributed by atoms with Gasteiger partial charge in [0.2, 0.25) is 5.88 Å². The van der Waals surface area contributed by atoms with Crippen LogP contribution in [0.1, 0.15) is 50.2 Å². The molecule has 5 aliphatic rings. The number of Topliss-reactive ketones (excluding diaryl/α,β-unsaturated/α-hetero) is 1. The Morgan fingerprint density at radius 1 is 1.21 bits per heavy atom. The van der Waals surface area contributed by atoms with Crippen molar-refractivity contribution in [2.45, 2.75) is 64.0 Å². The maximum Gasteiger partial charge on any atom is 0.224 e. The van der Waals surface area contributed by atoms with E-state index < -0.39 is 0 Å². The number of nitrogens with one attached hydrogen (secondary N) is 1. The van der Waals surface area contributed by atoms with Crippen LogP contribution in [0.5, 0.6) is 5.88 Å². The summed E-state index contributed by atoms with van der Waals surface area (Å²) in [6.45, 7) is 5.56. The Morgan fingerprint density at radius 2 is 2.00 bits per heavy atom. The number of hydrogen-bond acceptors (Lipinski definition) is 5. The molecule has 3 aliphatic carbocycles. The van der Waals surface area contributed by atoms with E-state index in [-0.39, 0.29) is 12.0 Å². The smallest absolute Gasteiger partial charge is 0.224 e. The van der Waals surface area contributed by atoms with Gasteiger partial charge in [0, 0.05) is 25.0 Å². The first-order chi connectivity index (χ1) is 14.2. The lowest BCUT2D eigenvalue weighted by Crippen LogP contribution is -2.46. The minimum Gasteiger partial charge on any atom is -0.474 e. The molecule has 0 aromatic rings. The number of ether oxygens (including phenoxy) is 2. The SMILES string of the molecule is CC(=O)[C@H]1CCc2cc3[nH]cnc(OC4CCC(N5CCOCC5)CC4)c-3c2C1. The Bertz CT molecular complexity index is 834. The molecule has 0 amide bonds. The van der Waals surface area contributed by atoms with Crippen LogP contribution in [0.3, 0.4) is 0 Å². The van der Waals surface area contributed by atoms with Crippen molar-refractivity contribution in [3.63, 3.8) is 0 Å². The summed E-state index contributed by atoms with van der Waals surface area (Å²) in [7, 11) is 0. The second kappa shape index (κ2) is 8.07. The molecular weight excluding hydrogens is 366 g/mol. The number of rotatable bonds is 4. The van der Waals surface area contributed by atoms with E-state index in [9.17, 15) is 4.79 Å². The first kappa shape index (κ1) is 19.1. The van der Waals surface area contributed by atoms with Gasteiger partial charge in [0.15, 0.2) is 0 Å². The van der Waals surface area contributed by atoms with Gasteiger partial charge >= 0.3 is 0 Å². The van der Waals surface area contributed by atoms with E-state index in [1.165, 1.54) is 24.0 Å². The summed E-state index contributed by atoms with van der Waals surface area (Å²) >= 11 is 0. The molecule has 5 rings (SSSR count). The van der Waals surface area contributed by atoms with E-state index in [2.05, 4.69) is 20.9 Å². The molecule has 6 nitrogen and oxygen atoms in total. The molecule has 2 heterocycles. The van der Waals surface area contributed by atoms with Gasteiger partial charge in [0.25, 0.3) is 0 Å². The molecule has 0 radical (unpaired) electrons. The Balaban J connectivity index is 1.30. The fourth-order valence-electron chi connectivity index (χ4n) is 5.44. The fraction of sp³-hybridized carbons (Fsp3) is 0.652. The molecule has 156 valence electrons. The average Bonchev–Trinajstić information content (AvgIpc) is 3.13. The first-order valence-electron chi connectivity index (χ1n) is 11.2. The number of aryl methyl sites for hydroxylation is 1. The molecule has 1 atom stereocenters. The van der Waals surface area contributed by atoms with Crippen LogP contribution in [0.25, 0.3) is 11.3 Å². The Hall–Kier alpha value is -1.92. The van der Waals surface area contributed by atoms with Crippen LogP contribution in [0.15, 0.2) is 12.4 Å². The summed E-state index contributed by atoms with van der Waals surface area (Å²) in [5.41, 5.74) is 4.81. The number of aromatic amines is 1. The molecule has 0 aromatic heterocycles. The lowest BCUT2D eigenvalue weighted by Gasteiger charge is -2.38. The number of H-pyrrole nitrogens is 1. The lowest BCUT2D eigenvalue weighted by molar-refractivity contribution is -0.121. The van der Waals surface area contributed by atoms with E-state index in [0.29, 0.717) is 11.8 Å². The number of nitrogens with zero attached hydrogens (tertiary/aromatic N) is 2. The molecule has 0 aromatic carbocycles. The molecule has 1 saturated heterocycles. The molecule has 0 bridgehead atoms. The Kier molecular flexibility index (Phi) is 5.31. The van der Waals surface area contributed by atoms with Crippen molar-refractivity contribution in [2.24, 2.45) is 5.92 Å². The zero-order valence-electron chi connectivity index (χ0n) is 17.3. The summed E-state index contributed by atoms with van der Waals surface area (Å²) < 4.78 is 12.0. The van der Waals surface area contributed by atoms with Gasteiger partial charge in [-0.2, -0.15) is 0 Å². The van der Waals surface area contributed by atoms with E-state index in [1.807, 2.05) is 0 Å². The summed E-state index contributed by atoms with van der Waals surface area (Å²) in [5, 5.41) is 0. The Morgan fingerprint density at radius 3 is 2.76 bits per heavy atom. The second-order valence-electron chi connectivity index (χ2n) is 8.89. The molecule has 2 fully saturated rings. The minimum absolute atomic E-state index is 0.130. The van der Waals surface area contributed by atoms with Gasteiger partial charge in [0.1, 0.15) is 11.9 Å². The number of aromatic nitrogens is 2. The first-order valence-corrected chi connectivity index (χ1v) is 11.2. The van der Waals surface area contributed by atoms with Crippen LogP contribution in [0.4, 0.5) is 0 Å². The van der Waals surface area contributed by atoms with Crippen molar-refractivity contribution in [1.29, 1.82) is 0 Å². The zero-order chi connectivity index (χ0) is 19.8. The van der Waals surface area contributed by atoms with E-state index >= 15 is 0 Å². The highest BCUT2D eigenvalue weighted by Crippen LogP contribution is 2.42. The molecule has 29 heavy (non-hydrogen) atoms. The molecule has 0 unspecified atom stereocenters. The van der Waals surface area contributed by atoms with Gasteiger partial charge in [-0.25, -0.2) is 4.98 Å². The maximum absolute atomic E-state index is 12.0. The maximum atomic E-state index is 12.0. The topological polar surface area (TPSA) is 67.5 Å². The monoisotopic (exact) mass is 397 g/mol. The van der Waals surface area contributed by atoms with Gasteiger partial charge in [-0.3, -0.25) is 9.69 Å². The Labute approximate surface area is 172 Å². The zero-order valence-corrected chi connectivity index (χ0v) is 17.3. The summed E-state index contributed by atoms with van der Waals surface area (Å²) in [6, 6.07) is 2.89. The molecule has 1 N–H and O–H groups in total. The second-order valence-corrected chi connectivity index (χ2v) is 8.89. The van der Waals surface area contributed by atoms with Crippen LogP contribution in [0.2, 0.25) is 0 Å². The number of hydrogen-bond donors (Lipinski definition) is 1. The highest BCUT2D eigenvalue weighted by atomic mass is 16.5. The van der Waals surface area contributed by atoms with Gasteiger partial charge in [-0.05, 0) is 69.1 Å². The number of carbonyl (C=O) groups is 1. The molecule has 6 heteroatoms. The predicted octanol–water partition coefficient (Wildman–Crippen LogP) is 3.23. The standard InChI is InChI=1S/C23H31N3O3/c1-15(27)16-2-3-17-13-21-22(20(17)12-16)23(25-14-24-21)29-19-6-4-18(5-7-19)26-8-10-28-11-9-26/h13-14,16,18-19H,2-12H2,1H3,(H,24,25)/t16-,18?,19?/m0/s1. The number of carbonyl (C=O) groups excluding carboxylic acids is 1. The third-order valence-corrected chi connectivity index (χ3v) is 7.16. The van der Waals surface area contributed by atoms with Crippen molar-refractivity contribution in [2.75, 3.05) is 26.3 Å². The fourth-order valence-corrected chi connectivity index (χ4v) is 5.44. The minimum atomic E-state index is 0.130. The third kappa shape index (κ3) is 3.80. The van der Waals surface area contributed by atoms with Gasteiger partial charge in [-0.15, -0.1) is 0 Å². The van der Waals surface area contributed by atoms with Gasteiger partial charge in [-0.1, -0.05) is 0 Å². The largest absolute Gasteiger partial charge is 0.474 e. The van der Waals surface area contributed by atoms with Crippen molar-refractivity contribution in [3.05, 3.63) is 23.5 Å². The van der Waals surface area contributed by atoms with Crippen LogP contribution < -0.4 is 4.74 Å². The van der Waals surface area contributed by atoms with Crippen LogP contribution in [-0.4, -0.2) is 59.1 Å². The molecule has 0 spiro atoms. The molecular formula is C23H31N3O3. The van der Waals surface area contributed by atoms with Crippen molar-refractivity contribution >= 4 is 5.78 Å². The van der Waals surface area contributed by atoms with Crippen molar-refractivity contribution in [3.8, 4) is 17.1 Å². The average molecular weight is 398 g/mol. The summed E-state index contributed by atoms with van der Waals surface area (Å²) in [5.74, 6) is 1.17. The van der Waals surface area contributed by atoms with Gasteiger partial charge < -0.3 is 14.5 Å². The van der Waals surface area contributed by atoms with Crippen molar-refractivity contribution < 1.29 is 14.3 Å².